The van der Waals surface area contributed by atoms with E-state index in [0.717, 1.165) is 6.26 Å². The third-order valence-corrected chi connectivity index (χ3v) is 4.85. The average molecular weight is 372 g/mol. The predicted molar refractivity (Wildman–Crippen MR) is 92.2 cm³/mol. The monoisotopic (exact) mass is 371 g/mol. The first-order chi connectivity index (χ1) is 10.6. The molecule has 0 spiro atoms. The van der Waals surface area contributed by atoms with E-state index in [-0.39, 0.29) is 22.6 Å². The van der Waals surface area contributed by atoms with E-state index < -0.39 is 9.84 Å². The van der Waals surface area contributed by atoms with Gasteiger partial charge in [0.1, 0.15) is 5.49 Å². The van der Waals surface area contributed by atoms with Crippen LogP contribution < -0.4 is 11.2 Å². The molecule has 122 valence electrons. The van der Waals surface area contributed by atoms with Crippen LogP contribution in [0.25, 0.3) is 5.70 Å². The van der Waals surface area contributed by atoms with Crippen molar-refractivity contribution in [1.82, 2.24) is 4.57 Å². The zero-order valence-corrected chi connectivity index (χ0v) is 14.6. The van der Waals surface area contributed by atoms with Gasteiger partial charge in [-0.3, -0.25) is 5.41 Å². The number of sulfone groups is 1. The van der Waals surface area contributed by atoms with E-state index >= 15 is 0 Å². The molecule has 0 aliphatic heterocycles. The van der Waals surface area contributed by atoms with Gasteiger partial charge in [0.2, 0.25) is 0 Å². The first-order valence-electron chi connectivity index (χ1n) is 6.47. The Kier molecular flexibility index (Phi) is 4.89. The molecule has 0 unspecified atom stereocenters. The lowest BCUT2D eigenvalue weighted by Gasteiger charge is -2.14. The molecule has 2 rings (SSSR count). The van der Waals surface area contributed by atoms with Gasteiger partial charge in [-0.2, -0.15) is 0 Å². The predicted octanol–water partition coefficient (Wildman–Crippen LogP) is 2.66. The zero-order valence-electron chi connectivity index (χ0n) is 12.3. The molecule has 0 radical (unpaired) electrons. The Bertz CT molecular complexity index is 950. The number of benzene rings is 1. The molecule has 8 heteroatoms. The van der Waals surface area contributed by atoms with Crippen LogP contribution in [0.5, 0.6) is 0 Å². The molecule has 3 N–H and O–H groups in total. The second-order valence-electron chi connectivity index (χ2n) is 5.10. The molecular weight excluding hydrogens is 357 g/mol. The molecule has 0 bridgehead atoms. The molecule has 1 heterocycles. The molecule has 0 saturated heterocycles. The quantitative estimate of drug-likeness (QED) is 0.865. The van der Waals surface area contributed by atoms with Crippen LogP contribution in [-0.2, 0) is 16.4 Å². The van der Waals surface area contributed by atoms with E-state index in [4.69, 9.17) is 34.3 Å². The van der Waals surface area contributed by atoms with Crippen molar-refractivity contribution in [1.29, 1.82) is 5.41 Å². The maximum absolute atomic E-state index is 11.9. The molecule has 0 saturated carbocycles. The van der Waals surface area contributed by atoms with Crippen molar-refractivity contribution in [2.24, 2.45) is 5.73 Å². The fraction of sp³-hybridized carbons (Fsp3) is 0.133. The maximum Gasteiger partial charge on any atom is 0.175 e. The van der Waals surface area contributed by atoms with Gasteiger partial charge < -0.3 is 10.3 Å². The minimum atomic E-state index is -3.43. The molecule has 0 amide bonds. The molecule has 0 aliphatic carbocycles. The van der Waals surface area contributed by atoms with Crippen molar-refractivity contribution >= 4 is 38.7 Å². The van der Waals surface area contributed by atoms with Gasteiger partial charge in [-0.1, -0.05) is 29.8 Å². The number of halogens is 2. The van der Waals surface area contributed by atoms with E-state index in [1.807, 2.05) is 0 Å². The summed E-state index contributed by atoms with van der Waals surface area (Å²) >= 11 is 12.0. The third kappa shape index (κ3) is 3.96. The number of nitrogens with zero attached hydrogens (tertiary/aromatic N) is 1. The van der Waals surface area contributed by atoms with Gasteiger partial charge in [-0.05, 0) is 29.8 Å². The van der Waals surface area contributed by atoms with Gasteiger partial charge in [0.15, 0.2) is 9.84 Å². The molecular formula is C15H15Cl2N3O2S. The van der Waals surface area contributed by atoms with Crippen molar-refractivity contribution in [3.8, 4) is 0 Å². The number of hydrogen-bond donors (Lipinski definition) is 2. The number of aromatic nitrogens is 1. The molecule has 1 aromatic heterocycles. The summed E-state index contributed by atoms with van der Waals surface area (Å²) in [4.78, 5) is 0.155. The fourth-order valence-electron chi connectivity index (χ4n) is 2.20. The standard InChI is InChI=1S/C15H15Cl2N3O2S/c1-9(18)13-6-12(17)8-20(15(13)19)7-10-5-11(16)3-4-14(10)23(2,21)22/h3-6,8,19H,1,7,18H2,2H3. The lowest BCUT2D eigenvalue weighted by atomic mass is 10.2. The van der Waals surface area contributed by atoms with Gasteiger partial charge in [0, 0.05) is 28.7 Å². The second kappa shape index (κ2) is 6.39. The highest BCUT2D eigenvalue weighted by molar-refractivity contribution is 7.90. The molecule has 0 fully saturated rings. The van der Waals surface area contributed by atoms with Gasteiger partial charge >= 0.3 is 0 Å². The summed E-state index contributed by atoms with van der Waals surface area (Å²) in [6.07, 6.45) is 2.65. The summed E-state index contributed by atoms with van der Waals surface area (Å²) in [5, 5.41) is 8.96. The van der Waals surface area contributed by atoms with E-state index in [1.165, 1.54) is 29.0 Å². The Hall–Kier alpha value is -1.76. The number of pyridine rings is 1. The summed E-state index contributed by atoms with van der Waals surface area (Å²) in [6, 6.07) is 6.06. The van der Waals surface area contributed by atoms with Crippen LogP contribution >= 0.6 is 23.2 Å². The summed E-state index contributed by atoms with van der Waals surface area (Å²) in [5.74, 6) is 0. The number of hydrogen-bond acceptors (Lipinski definition) is 4. The van der Waals surface area contributed by atoms with Crippen LogP contribution in [0.3, 0.4) is 0 Å². The second-order valence-corrected chi connectivity index (χ2v) is 7.95. The smallest absolute Gasteiger partial charge is 0.175 e. The maximum atomic E-state index is 11.9. The van der Waals surface area contributed by atoms with Crippen LogP contribution in [0.1, 0.15) is 11.1 Å². The Morgan fingerprint density at radius 3 is 2.52 bits per heavy atom. The molecule has 5 nitrogen and oxygen atoms in total. The Morgan fingerprint density at radius 1 is 1.30 bits per heavy atom. The van der Waals surface area contributed by atoms with Gasteiger partial charge in [0.25, 0.3) is 0 Å². The van der Waals surface area contributed by atoms with Gasteiger partial charge in [-0.15, -0.1) is 0 Å². The van der Waals surface area contributed by atoms with Crippen LogP contribution in [0.2, 0.25) is 10.0 Å². The minimum Gasteiger partial charge on any atom is -0.399 e. The summed E-state index contributed by atoms with van der Waals surface area (Å²) in [5.41, 5.74) is 6.82. The Morgan fingerprint density at radius 2 is 1.96 bits per heavy atom. The lowest BCUT2D eigenvalue weighted by Crippen LogP contribution is -2.25. The molecule has 1 aromatic carbocycles. The van der Waals surface area contributed by atoms with E-state index in [1.54, 1.807) is 6.07 Å². The first-order valence-corrected chi connectivity index (χ1v) is 9.12. The highest BCUT2D eigenvalue weighted by atomic mass is 35.5. The lowest BCUT2D eigenvalue weighted by molar-refractivity contribution is 0.599. The van der Waals surface area contributed by atoms with Gasteiger partial charge in [0.05, 0.1) is 16.5 Å². The van der Waals surface area contributed by atoms with Crippen molar-refractivity contribution < 1.29 is 8.42 Å². The summed E-state index contributed by atoms with van der Waals surface area (Å²) in [6.45, 7) is 3.73. The topological polar surface area (TPSA) is 88.9 Å². The third-order valence-electron chi connectivity index (χ3n) is 3.21. The van der Waals surface area contributed by atoms with Crippen LogP contribution in [-0.4, -0.2) is 19.2 Å². The highest BCUT2D eigenvalue weighted by Crippen LogP contribution is 2.22. The van der Waals surface area contributed by atoms with Crippen molar-refractivity contribution in [3.05, 3.63) is 63.7 Å². The minimum absolute atomic E-state index is 0.0846. The Balaban J connectivity index is 2.63. The Labute approximate surface area is 144 Å². The normalized spacial score (nSPS) is 11.4. The molecule has 23 heavy (non-hydrogen) atoms. The average Bonchev–Trinajstić information content (AvgIpc) is 2.40. The van der Waals surface area contributed by atoms with Crippen molar-refractivity contribution in [2.75, 3.05) is 6.26 Å². The fourth-order valence-corrected chi connectivity index (χ4v) is 3.53. The summed E-state index contributed by atoms with van der Waals surface area (Å²) < 4.78 is 25.3. The number of rotatable bonds is 4. The van der Waals surface area contributed by atoms with Crippen LogP contribution in [0, 0.1) is 5.41 Å². The molecule has 0 aliphatic rings. The molecule has 0 atom stereocenters. The van der Waals surface area contributed by atoms with Crippen molar-refractivity contribution in [2.45, 2.75) is 11.4 Å². The van der Waals surface area contributed by atoms with Crippen LogP contribution in [0.15, 0.2) is 41.9 Å². The largest absolute Gasteiger partial charge is 0.399 e. The van der Waals surface area contributed by atoms with Gasteiger partial charge in [-0.25, -0.2) is 8.42 Å². The van der Waals surface area contributed by atoms with E-state index in [2.05, 4.69) is 6.58 Å². The first kappa shape index (κ1) is 17.6. The number of nitrogens with two attached hydrogens (primary N) is 1. The summed E-state index contributed by atoms with van der Waals surface area (Å²) in [7, 11) is -3.43. The van der Waals surface area contributed by atoms with Crippen molar-refractivity contribution in [3.63, 3.8) is 0 Å². The van der Waals surface area contributed by atoms with Crippen LogP contribution in [0.4, 0.5) is 0 Å². The SMILES string of the molecule is C=C(N)c1cc(Cl)cn(Cc2cc(Cl)ccc2S(C)(=O)=O)c1=N. The number of nitrogens with one attached hydrogen (secondary N) is 1. The van der Waals surface area contributed by atoms with E-state index in [9.17, 15) is 8.42 Å². The molecule has 2 aromatic rings. The van der Waals surface area contributed by atoms with E-state index in [0.29, 0.717) is 21.2 Å². The zero-order chi connectivity index (χ0) is 17.4. The highest BCUT2D eigenvalue weighted by Gasteiger charge is 2.15.